The van der Waals surface area contributed by atoms with Gasteiger partial charge in [0.05, 0.1) is 25.1 Å². The molecule has 5 nitrogen and oxygen atoms in total. The van der Waals surface area contributed by atoms with E-state index in [-0.39, 0.29) is 0 Å². The first-order chi connectivity index (χ1) is 9.79. The molecule has 0 bridgehead atoms. The van der Waals surface area contributed by atoms with Crippen LogP contribution in [0.2, 0.25) is 0 Å². The highest BCUT2D eigenvalue weighted by atomic mass is 16.5. The summed E-state index contributed by atoms with van der Waals surface area (Å²) in [5, 5.41) is 0. The molecule has 0 radical (unpaired) electrons. The van der Waals surface area contributed by atoms with Gasteiger partial charge in [-0.15, -0.1) is 0 Å². The number of nitrogens with two attached hydrogens (primary N) is 1. The van der Waals surface area contributed by atoms with Crippen molar-refractivity contribution in [2.24, 2.45) is 0 Å². The highest BCUT2D eigenvalue weighted by molar-refractivity contribution is 5.69. The second kappa shape index (κ2) is 5.28. The predicted molar refractivity (Wildman–Crippen MR) is 78.8 cm³/mol. The molecule has 0 fully saturated rings. The summed E-state index contributed by atoms with van der Waals surface area (Å²) in [5.74, 6) is 2.14. The molecule has 1 aromatic carbocycles. The molecule has 0 atom stereocenters. The number of hydrogen-bond donors (Lipinski definition) is 1. The fraction of sp³-hybridized carbons (Fsp3) is 0.267. The molecule has 2 aromatic rings. The third-order valence-electron chi connectivity index (χ3n) is 3.28. The number of hydrogen-bond acceptors (Lipinski definition) is 5. The molecule has 2 heterocycles. The van der Waals surface area contributed by atoms with Crippen molar-refractivity contribution >= 4 is 17.2 Å². The van der Waals surface area contributed by atoms with Crippen LogP contribution in [-0.2, 0) is 0 Å². The van der Waals surface area contributed by atoms with Crippen molar-refractivity contribution in [2.45, 2.75) is 6.42 Å². The van der Waals surface area contributed by atoms with E-state index in [1.54, 1.807) is 7.11 Å². The first-order valence-corrected chi connectivity index (χ1v) is 6.59. The summed E-state index contributed by atoms with van der Waals surface area (Å²) in [7, 11) is 1.57. The van der Waals surface area contributed by atoms with Crippen LogP contribution in [0, 0.1) is 0 Å². The molecule has 20 heavy (non-hydrogen) atoms. The van der Waals surface area contributed by atoms with Crippen molar-refractivity contribution in [2.75, 3.05) is 30.9 Å². The van der Waals surface area contributed by atoms with E-state index in [1.165, 1.54) is 0 Å². The van der Waals surface area contributed by atoms with Gasteiger partial charge in [0.15, 0.2) is 0 Å². The van der Waals surface area contributed by atoms with Crippen molar-refractivity contribution in [3.8, 4) is 11.6 Å². The number of fused-ring (bicyclic) bond motifs is 1. The third kappa shape index (κ3) is 2.22. The number of pyridine rings is 1. The smallest absolute Gasteiger partial charge is 0.238 e. The second-order valence-electron chi connectivity index (χ2n) is 4.59. The number of nitrogens with zero attached hydrogens (tertiary/aromatic N) is 2. The van der Waals surface area contributed by atoms with Gasteiger partial charge in [0.25, 0.3) is 0 Å². The SMILES string of the molecule is COc1nc(N2CCCOc3ccccc32)ccc1N. The molecule has 0 amide bonds. The number of methoxy groups -OCH3 is 1. The zero-order chi connectivity index (χ0) is 13.9. The molecule has 1 aliphatic heterocycles. The first kappa shape index (κ1) is 12.6. The van der Waals surface area contributed by atoms with E-state index < -0.39 is 0 Å². The van der Waals surface area contributed by atoms with Crippen LogP contribution in [0.15, 0.2) is 36.4 Å². The highest BCUT2D eigenvalue weighted by Gasteiger charge is 2.19. The van der Waals surface area contributed by atoms with Gasteiger partial charge < -0.3 is 20.1 Å². The number of rotatable bonds is 2. The van der Waals surface area contributed by atoms with Crippen molar-refractivity contribution in [1.29, 1.82) is 0 Å². The largest absolute Gasteiger partial charge is 0.491 e. The lowest BCUT2D eigenvalue weighted by atomic mass is 10.2. The van der Waals surface area contributed by atoms with Crippen LogP contribution < -0.4 is 20.1 Å². The van der Waals surface area contributed by atoms with Gasteiger partial charge in [-0.1, -0.05) is 12.1 Å². The second-order valence-corrected chi connectivity index (χ2v) is 4.59. The number of para-hydroxylation sites is 2. The van der Waals surface area contributed by atoms with E-state index in [4.69, 9.17) is 15.2 Å². The molecular formula is C15H17N3O2. The minimum Gasteiger partial charge on any atom is -0.491 e. The molecular weight excluding hydrogens is 254 g/mol. The quantitative estimate of drug-likeness (QED) is 0.909. The Hall–Kier alpha value is -2.43. The average Bonchev–Trinajstić information content (AvgIpc) is 2.70. The molecule has 0 aliphatic carbocycles. The Labute approximate surface area is 117 Å². The van der Waals surface area contributed by atoms with Crippen LogP contribution >= 0.6 is 0 Å². The zero-order valence-corrected chi connectivity index (χ0v) is 11.4. The summed E-state index contributed by atoms with van der Waals surface area (Å²) < 4.78 is 11.0. The lowest BCUT2D eigenvalue weighted by molar-refractivity contribution is 0.322. The Kier molecular flexibility index (Phi) is 3.33. The summed E-state index contributed by atoms with van der Waals surface area (Å²) in [6.07, 6.45) is 0.934. The minimum atomic E-state index is 0.449. The zero-order valence-electron chi connectivity index (χ0n) is 11.4. The molecule has 5 heteroatoms. The van der Waals surface area contributed by atoms with Crippen molar-refractivity contribution in [1.82, 2.24) is 4.98 Å². The van der Waals surface area contributed by atoms with Crippen LogP contribution in [0.25, 0.3) is 0 Å². The van der Waals surface area contributed by atoms with Gasteiger partial charge >= 0.3 is 0 Å². The van der Waals surface area contributed by atoms with E-state index in [1.807, 2.05) is 36.4 Å². The van der Waals surface area contributed by atoms with E-state index in [2.05, 4.69) is 9.88 Å². The average molecular weight is 271 g/mol. The van der Waals surface area contributed by atoms with Gasteiger partial charge in [-0.2, -0.15) is 4.98 Å². The van der Waals surface area contributed by atoms with E-state index in [0.29, 0.717) is 18.2 Å². The van der Waals surface area contributed by atoms with Gasteiger partial charge in [-0.25, -0.2) is 0 Å². The first-order valence-electron chi connectivity index (χ1n) is 6.59. The number of benzene rings is 1. The molecule has 104 valence electrons. The normalized spacial score (nSPS) is 14.2. The van der Waals surface area contributed by atoms with Gasteiger partial charge in [0.2, 0.25) is 5.88 Å². The fourth-order valence-corrected chi connectivity index (χ4v) is 2.32. The molecule has 0 saturated carbocycles. The van der Waals surface area contributed by atoms with Gasteiger partial charge in [-0.3, -0.25) is 0 Å². The molecule has 3 rings (SSSR count). The Morgan fingerprint density at radius 2 is 2.10 bits per heavy atom. The van der Waals surface area contributed by atoms with Crippen LogP contribution in [0.3, 0.4) is 0 Å². The Morgan fingerprint density at radius 3 is 2.95 bits per heavy atom. The number of ether oxygens (including phenoxy) is 2. The van der Waals surface area contributed by atoms with Crippen molar-refractivity contribution in [3.63, 3.8) is 0 Å². The van der Waals surface area contributed by atoms with Crippen LogP contribution in [0.4, 0.5) is 17.2 Å². The van der Waals surface area contributed by atoms with Crippen LogP contribution in [0.1, 0.15) is 6.42 Å². The van der Waals surface area contributed by atoms with Crippen LogP contribution in [0.5, 0.6) is 11.6 Å². The van der Waals surface area contributed by atoms with E-state index in [9.17, 15) is 0 Å². The molecule has 1 aliphatic rings. The van der Waals surface area contributed by atoms with E-state index in [0.717, 1.165) is 30.2 Å². The summed E-state index contributed by atoms with van der Waals surface area (Å²) in [6, 6.07) is 11.7. The maximum atomic E-state index is 5.82. The molecule has 0 unspecified atom stereocenters. The third-order valence-corrected chi connectivity index (χ3v) is 3.28. The highest BCUT2D eigenvalue weighted by Crippen LogP contribution is 2.36. The van der Waals surface area contributed by atoms with Gasteiger partial charge in [0.1, 0.15) is 11.6 Å². The summed E-state index contributed by atoms with van der Waals surface area (Å²) in [5.41, 5.74) is 7.38. The van der Waals surface area contributed by atoms with E-state index >= 15 is 0 Å². The standard InChI is InChI=1S/C15H17N3O2/c1-19-15-11(16)7-8-14(17-15)18-9-4-10-20-13-6-3-2-5-12(13)18/h2-3,5-8H,4,9-10,16H2,1H3. The van der Waals surface area contributed by atoms with Gasteiger partial charge in [-0.05, 0) is 30.7 Å². The number of anilines is 3. The maximum absolute atomic E-state index is 5.82. The maximum Gasteiger partial charge on any atom is 0.238 e. The summed E-state index contributed by atoms with van der Waals surface area (Å²) in [6.45, 7) is 1.55. The lowest BCUT2D eigenvalue weighted by Gasteiger charge is -2.23. The summed E-state index contributed by atoms with van der Waals surface area (Å²) >= 11 is 0. The Morgan fingerprint density at radius 1 is 1.25 bits per heavy atom. The fourth-order valence-electron chi connectivity index (χ4n) is 2.32. The van der Waals surface area contributed by atoms with Gasteiger partial charge in [0, 0.05) is 6.54 Å². The van der Waals surface area contributed by atoms with Crippen molar-refractivity contribution < 1.29 is 9.47 Å². The number of nitrogen functional groups attached to an aromatic ring is 1. The lowest BCUT2D eigenvalue weighted by Crippen LogP contribution is -2.19. The van der Waals surface area contributed by atoms with Crippen molar-refractivity contribution in [3.05, 3.63) is 36.4 Å². The molecule has 0 spiro atoms. The minimum absolute atomic E-state index is 0.449. The number of aromatic nitrogens is 1. The predicted octanol–water partition coefficient (Wildman–Crippen LogP) is 2.59. The molecule has 2 N–H and O–H groups in total. The molecule has 1 aromatic heterocycles. The molecule has 0 saturated heterocycles. The Balaban J connectivity index is 2.05. The summed E-state index contributed by atoms with van der Waals surface area (Å²) in [4.78, 5) is 6.61. The van der Waals surface area contributed by atoms with Crippen LogP contribution in [-0.4, -0.2) is 25.2 Å². The topological polar surface area (TPSA) is 60.6 Å². The monoisotopic (exact) mass is 271 g/mol. The Bertz CT molecular complexity index is 616.